The standard InChI is InChI=1S/C10H22N4O2S/c11-4-1-5-13-6-8-14(9-7-13)17(15,16)12-10-2-3-10/h10,12H,1-9,11H2. The Balaban J connectivity index is 1.77. The summed E-state index contributed by atoms with van der Waals surface area (Å²) in [5, 5.41) is 0. The van der Waals surface area contributed by atoms with Crippen molar-refractivity contribution < 1.29 is 8.42 Å². The minimum absolute atomic E-state index is 0.190. The molecule has 100 valence electrons. The minimum atomic E-state index is -3.23. The van der Waals surface area contributed by atoms with E-state index in [2.05, 4.69) is 9.62 Å². The monoisotopic (exact) mass is 262 g/mol. The summed E-state index contributed by atoms with van der Waals surface area (Å²) in [6, 6.07) is 0.190. The first kappa shape index (κ1) is 13.2. The lowest BCUT2D eigenvalue weighted by Crippen LogP contribution is -2.52. The van der Waals surface area contributed by atoms with Crippen LogP contribution in [-0.2, 0) is 10.2 Å². The molecule has 2 rings (SSSR count). The first-order chi connectivity index (χ1) is 8.12. The number of piperazine rings is 1. The van der Waals surface area contributed by atoms with Crippen molar-refractivity contribution in [2.45, 2.75) is 25.3 Å². The number of nitrogens with one attached hydrogen (secondary N) is 1. The van der Waals surface area contributed by atoms with E-state index in [1.165, 1.54) is 0 Å². The van der Waals surface area contributed by atoms with Crippen LogP contribution in [0.1, 0.15) is 19.3 Å². The summed E-state index contributed by atoms with van der Waals surface area (Å²) >= 11 is 0. The van der Waals surface area contributed by atoms with Gasteiger partial charge in [0.2, 0.25) is 0 Å². The summed E-state index contributed by atoms with van der Waals surface area (Å²) in [7, 11) is -3.23. The highest BCUT2D eigenvalue weighted by Crippen LogP contribution is 2.21. The maximum Gasteiger partial charge on any atom is 0.279 e. The third kappa shape index (κ3) is 3.89. The zero-order valence-corrected chi connectivity index (χ0v) is 11.0. The molecule has 0 bridgehead atoms. The normalized spacial score (nSPS) is 24.1. The van der Waals surface area contributed by atoms with E-state index in [4.69, 9.17) is 5.73 Å². The molecule has 7 heteroatoms. The van der Waals surface area contributed by atoms with Gasteiger partial charge in [-0.2, -0.15) is 17.4 Å². The van der Waals surface area contributed by atoms with Gasteiger partial charge in [-0.15, -0.1) is 0 Å². The molecule has 1 saturated carbocycles. The molecule has 1 saturated heterocycles. The molecule has 1 aliphatic carbocycles. The van der Waals surface area contributed by atoms with Gasteiger partial charge in [-0.25, -0.2) is 0 Å². The maximum absolute atomic E-state index is 11.9. The van der Waals surface area contributed by atoms with Gasteiger partial charge in [0.05, 0.1) is 0 Å². The fraction of sp³-hybridized carbons (Fsp3) is 1.00. The Kier molecular flexibility index (Phi) is 4.37. The second-order valence-corrected chi connectivity index (χ2v) is 6.48. The maximum atomic E-state index is 11.9. The number of nitrogens with two attached hydrogens (primary N) is 1. The molecule has 0 spiro atoms. The Morgan fingerprint density at radius 1 is 1.18 bits per heavy atom. The van der Waals surface area contributed by atoms with Crippen LogP contribution in [0.5, 0.6) is 0 Å². The van der Waals surface area contributed by atoms with Crippen LogP contribution in [-0.4, -0.2) is 62.9 Å². The Labute approximate surface area is 103 Å². The number of nitrogens with zero attached hydrogens (tertiary/aromatic N) is 2. The molecule has 1 heterocycles. The van der Waals surface area contributed by atoms with Crippen LogP contribution in [0, 0.1) is 0 Å². The van der Waals surface area contributed by atoms with Gasteiger partial charge in [0, 0.05) is 32.2 Å². The summed E-state index contributed by atoms with van der Waals surface area (Å²) in [5.41, 5.74) is 5.46. The van der Waals surface area contributed by atoms with Crippen LogP contribution in [0.4, 0.5) is 0 Å². The number of rotatable bonds is 6. The smallest absolute Gasteiger partial charge is 0.279 e. The Morgan fingerprint density at radius 2 is 1.82 bits per heavy atom. The third-order valence-electron chi connectivity index (χ3n) is 3.24. The Bertz CT molecular complexity index is 334. The van der Waals surface area contributed by atoms with Crippen LogP contribution in [0.15, 0.2) is 0 Å². The molecular formula is C10H22N4O2S. The second kappa shape index (κ2) is 5.62. The van der Waals surface area contributed by atoms with Crippen LogP contribution < -0.4 is 10.5 Å². The fourth-order valence-corrected chi connectivity index (χ4v) is 3.44. The summed E-state index contributed by atoms with van der Waals surface area (Å²) in [6.07, 6.45) is 2.94. The molecule has 1 aliphatic heterocycles. The van der Waals surface area contributed by atoms with E-state index in [9.17, 15) is 8.42 Å². The van der Waals surface area contributed by atoms with Crippen LogP contribution in [0.25, 0.3) is 0 Å². The van der Waals surface area contributed by atoms with E-state index >= 15 is 0 Å². The van der Waals surface area contributed by atoms with Crippen molar-refractivity contribution in [3.8, 4) is 0 Å². The Morgan fingerprint density at radius 3 is 2.35 bits per heavy atom. The van der Waals surface area contributed by atoms with Crippen molar-refractivity contribution in [3.05, 3.63) is 0 Å². The molecule has 2 fully saturated rings. The first-order valence-electron chi connectivity index (χ1n) is 6.31. The van der Waals surface area contributed by atoms with Crippen molar-refractivity contribution in [1.82, 2.24) is 13.9 Å². The van der Waals surface area contributed by atoms with Crippen LogP contribution in [0.2, 0.25) is 0 Å². The van der Waals surface area contributed by atoms with Gasteiger partial charge in [-0.05, 0) is 32.4 Å². The van der Waals surface area contributed by atoms with E-state index in [0.717, 1.165) is 38.9 Å². The predicted octanol–water partition coefficient (Wildman–Crippen LogP) is -1.05. The van der Waals surface area contributed by atoms with Gasteiger partial charge >= 0.3 is 0 Å². The SMILES string of the molecule is NCCCN1CCN(S(=O)(=O)NC2CC2)CC1. The van der Waals surface area contributed by atoms with E-state index in [1.807, 2.05) is 0 Å². The highest BCUT2D eigenvalue weighted by Gasteiger charge is 2.32. The van der Waals surface area contributed by atoms with Crippen LogP contribution in [0.3, 0.4) is 0 Å². The highest BCUT2D eigenvalue weighted by atomic mass is 32.2. The van der Waals surface area contributed by atoms with Gasteiger partial charge in [-0.3, -0.25) is 0 Å². The van der Waals surface area contributed by atoms with E-state index in [-0.39, 0.29) is 6.04 Å². The molecule has 0 aromatic carbocycles. The molecule has 0 amide bonds. The highest BCUT2D eigenvalue weighted by molar-refractivity contribution is 7.87. The topological polar surface area (TPSA) is 78.7 Å². The lowest BCUT2D eigenvalue weighted by Gasteiger charge is -2.33. The molecule has 3 N–H and O–H groups in total. The van der Waals surface area contributed by atoms with Gasteiger partial charge < -0.3 is 10.6 Å². The van der Waals surface area contributed by atoms with Crippen molar-refractivity contribution in [3.63, 3.8) is 0 Å². The van der Waals surface area contributed by atoms with E-state index in [0.29, 0.717) is 19.6 Å². The van der Waals surface area contributed by atoms with Gasteiger partial charge in [0.1, 0.15) is 0 Å². The molecule has 17 heavy (non-hydrogen) atoms. The largest absolute Gasteiger partial charge is 0.330 e. The zero-order valence-electron chi connectivity index (χ0n) is 10.1. The summed E-state index contributed by atoms with van der Waals surface area (Å²) in [5.74, 6) is 0. The summed E-state index contributed by atoms with van der Waals surface area (Å²) < 4.78 is 28.1. The van der Waals surface area contributed by atoms with Gasteiger partial charge in [0.15, 0.2) is 0 Å². The Hall–Kier alpha value is -0.210. The lowest BCUT2D eigenvalue weighted by atomic mass is 10.3. The molecule has 0 unspecified atom stereocenters. The molecule has 0 atom stereocenters. The van der Waals surface area contributed by atoms with Crippen molar-refractivity contribution in [1.29, 1.82) is 0 Å². The van der Waals surface area contributed by atoms with Crippen LogP contribution >= 0.6 is 0 Å². The third-order valence-corrected chi connectivity index (χ3v) is 4.92. The lowest BCUT2D eigenvalue weighted by molar-refractivity contribution is 0.186. The number of hydrogen-bond acceptors (Lipinski definition) is 4. The predicted molar refractivity (Wildman–Crippen MR) is 66.8 cm³/mol. The molecule has 2 aliphatic rings. The molecule has 6 nitrogen and oxygen atoms in total. The molecular weight excluding hydrogens is 240 g/mol. The fourth-order valence-electron chi connectivity index (χ4n) is 1.99. The zero-order chi connectivity index (χ0) is 12.3. The molecule has 0 radical (unpaired) electrons. The molecule has 0 aromatic rings. The average molecular weight is 262 g/mol. The van der Waals surface area contributed by atoms with Gasteiger partial charge in [-0.1, -0.05) is 0 Å². The van der Waals surface area contributed by atoms with Crippen molar-refractivity contribution >= 4 is 10.2 Å². The first-order valence-corrected chi connectivity index (χ1v) is 7.75. The quantitative estimate of drug-likeness (QED) is 0.640. The van der Waals surface area contributed by atoms with E-state index in [1.54, 1.807) is 4.31 Å². The van der Waals surface area contributed by atoms with Crippen molar-refractivity contribution in [2.75, 3.05) is 39.3 Å². The summed E-state index contributed by atoms with van der Waals surface area (Å²) in [4.78, 5) is 2.27. The number of hydrogen-bond donors (Lipinski definition) is 2. The van der Waals surface area contributed by atoms with E-state index < -0.39 is 10.2 Å². The van der Waals surface area contributed by atoms with Crippen molar-refractivity contribution in [2.24, 2.45) is 5.73 Å². The average Bonchev–Trinajstić information content (AvgIpc) is 3.10. The van der Waals surface area contributed by atoms with Gasteiger partial charge in [0.25, 0.3) is 10.2 Å². The summed E-state index contributed by atoms with van der Waals surface area (Å²) in [6.45, 7) is 4.47. The minimum Gasteiger partial charge on any atom is -0.330 e. The second-order valence-electron chi connectivity index (χ2n) is 4.78. The molecule has 0 aromatic heterocycles.